The Kier molecular flexibility index (Phi) is 9.85. The third kappa shape index (κ3) is 7.10. The largest absolute Gasteiger partial charge is 0.453 e. The molecule has 0 aliphatic carbocycles. The van der Waals surface area contributed by atoms with Crippen LogP contribution in [0.25, 0.3) is 0 Å². The molecule has 0 spiro atoms. The maximum Gasteiger partial charge on any atom is 0.412 e. The van der Waals surface area contributed by atoms with Gasteiger partial charge in [0.2, 0.25) is 12.1 Å². The van der Waals surface area contributed by atoms with Gasteiger partial charge in [-0.25, -0.2) is 19.1 Å². The van der Waals surface area contributed by atoms with E-state index in [4.69, 9.17) is 14.2 Å². The fourth-order valence-electron chi connectivity index (χ4n) is 3.60. The van der Waals surface area contributed by atoms with Crippen LogP contribution < -0.4 is 16.3 Å². The third-order valence-electron chi connectivity index (χ3n) is 5.48. The van der Waals surface area contributed by atoms with Gasteiger partial charge < -0.3 is 24.6 Å². The van der Waals surface area contributed by atoms with Crippen LogP contribution >= 0.6 is 0 Å². The lowest BCUT2D eigenvalue weighted by molar-refractivity contribution is -0.176. The number of aromatic nitrogens is 2. The monoisotopic (exact) mass is 538 g/mol. The van der Waals surface area contributed by atoms with Crippen molar-refractivity contribution in [3.8, 4) is 0 Å². The lowest BCUT2D eigenvalue weighted by Crippen LogP contribution is -2.45. The van der Waals surface area contributed by atoms with E-state index in [1.54, 1.807) is 30.3 Å². The van der Waals surface area contributed by atoms with E-state index in [0.717, 1.165) is 18.7 Å². The second kappa shape index (κ2) is 13.1. The summed E-state index contributed by atoms with van der Waals surface area (Å²) in [6, 6.07) is 9.49. The van der Waals surface area contributed by atoms with Gasteiger partial charge >= 0.3 is 23.7 Å². The van der Waals surface area contributed by atoms with Gasteiger partial charge in [-0.3, -0.25) is 14.9 Å². The molecule has 2 heterocycles. The van der Waals surface area contributed by atoms with Crippen LogP contribution in [0.15, 0.2) is 47.4 Å². The van der Waals surface area contributed by atoms with Gasteiger partial charge in [0.25, 0.3) is 0 Å². The molecular formula is C24H28F2N4O8. The Morgan fingerprint density at radius 3 is 2.58 bits per heavy atom. The summed E-state index contributed by atoms with van der Waals surface area (Å²) in [5.41, 5.74) is -0.701. The normalized spacial score (nSPS) is 19.9. The highest BCUT2D eigenvalue weighted by Crippen LogP contribution is 2.44. The molecule has 0 radical (unpaired) electrons. The van der Waals surface area contributed by atoms with Crippen molar-refractivity contribution < 1.29 is 42.5 Å². The molecule has 0 saturated carbocycles. The molecule has 1 aliphatic heterocycles. The van der Waals surface area contributed by atoms with Gasteiger partial charge in [-0.2, -0.15) is 8.78 Å². The number of ether oxygens (including phenoxy) is 3. The number of halogens is 2. The minimum absolute atomic E-state index is 0.0712. The van der Waals surface area contributed by atoms with Gasteiger partial charge in [0, 0.05) is 18.3 Å². The summed E-state index contributed by atoms with van der Waals surface area (Å²) in [6.45, 7) is 0.971. The molecule has 1 aromatic carbocycles. The van der Waals surface area contributed by atoms with E-state index < -0.39 is 66.9 Å². The number of carbonyl (C=O) groups excluding carboxylic acids is 3. The number of benzene rings is 1. The number of unbranched alkanes of at least 4 members (excludes halogenated alkanes) is 1. The molecule has 3 atom stereocenters. The molecule has 0 unspecified atom stereocenters. The van der Waals surface area contributed by atoms with Crippen molar-refractivity contribution in [1.29, 1.82) is 0 Å². The van der Waals surface area contributed by atoms with E-state index in [9.17, 15) is 24.3 Å². The Morgan fingerprint density at radius 2 is 1.89 bits per heavy atom. The maximum absolute atomic E-state index is 15.5. The fraction of sp³-hybridized carbons (Fsp3) is 0.458. The predicted octanol–water partition coefficient (Wildman–Crippen LogP) is 2.45. The maximum atomic E-state index is 15.5. The van der Waals surface area contributed by atoms with Gasteiger partial charge in [-0.15, -0.1) is 0 Å². The van der Waals surface area contributed by atoms with Gasteiger partial charge in [0.05, 0.1) is 19.6 Å². The molecule has 1 fully saturated rings. The van der Waals surface area contributed by atoms with Crippen LogP contribution in [0.2, 0.25) is 0 Å². The summed E-state index contributed by atoms with van der Waals surface area (Å²) in [7, 11) is 0. The van der Waals surface area contributed by atoms with Crippen molar-refractivity contribution in [3.05, 3.63) is 53.1 Å². The first-order valence-corrected chi connectivity index (χ1v) is 11.9. The number of aliphatic hydroxyl groups excluding tert-OH is 1. The first-order valence-electron chi connectivity index (χ1n) is 11.9. The van der Waals surface area contributed by atoms with E-state index in [-0.39, 0.29) is 13.0 Å². The quantitative estimate of drug-likeness (QED) is 0.289. The molecule has 3 N–H and O–H groups in total. The number of carbonyl (C=O) groups is 3. The van der Waals surface area contributed by atoms with Crippen LogP contribution in [-0.4, -0.2) is 64.0 Å². The Morgan fingerprint density at radius 1 is 1.16 bits per heavy atom. The van der Waals surface area contributed by atoms with E-state index in [1.807, 2.05) is 6.92 Å². The van der Waals surface area contributed by atoms with Crippen LogP contribution in [-0.2, 0) is 23.8 Å². The molecule has 2 amide bonds. The molecule has 2 aromatic rings. The van der Waals surface area contributed by atoms with Crippen LogP contribution in [0.4, 0.5) is 25.1 Å². The SMILES string of the molecule is CCCCOC(=O)Nc1ccnc(=O)n1[C@@H]1O[C@H](CO)[C@@H](OC(=O)CCC(=O)Nc2ccccc2)C1(F)F. The fourth-order valence-corrected chi connectivity index (χ4v) is 3.60. The first-order chi connectivity index (χ1) is 18.2. The van der Waals surface area contributed by atoms with E-state index in [2.05, 4.69) is 15.6 Å². The van der Waals surface area contributed by atoms with Crippen molar-refractivity contribution in [2.24, 2.45) is 0 Å². The van der Waals surface area contributed by atoms with Crippen LogP contribution in [0.5, 0.6) is 0 Å². The molecule has 12 nitrogen and oxygen atoms in total. The lowest BCUT2D eigenvalue weighted by Gasteiger charge is -2.25. The van der Waals surface area contributed by atoms with Crippen LogP contribution in [0.1, 0.15) is 38.8 Å². The molecule has 3 rings (SSSR count). The highest BCUT2D eigenvalue weighted by Gasteiger charge is 2.62. The topological polar surface area (TPSA) is 158 Å². The number of aliphatic hydroxyl groups is 1. The molecule has 1 aliphatic rings. The summed E-state index contributed by atoms with van der Waals surface area (Å²) in [6.07, 6.45) is -5.95. The Bertz CT molecular complexity index is 1180. The number of nitrogens with zero attached hydrogens (tertiary/aromatic N) is 2. The molecule has 38 heavy (non-hydrogen) atoms. The highest BCUT2D eigenvalue weighted by molar-refractivity contribution is 5.92. The van der Waals surface area contributed by atoms with E-state index >= 15 is 8.78 Å². The molecule has 0 bridgehead atoms. The number of para-hydroxylation sites is 1. The summed E-state index contributed by atoms with van der Waals surface area (Å²) >= 11 is 0. The minimum Gasteiger partial charge on any atom is -0.453 e. The van der Waals surface area contributed by atoms with Gasteiger partial charge in [-0.1, -0.05) is 31.5 Å². The molecular weight excluding hydrogens is 510 g/mol. The van der Waals surface area contributed by atoms with Crippen LogP contribution in [0, 0.1) is 0 Å². The zero-order valence-corrected chi connectivity index (χ0v) is 20.5. The molecule has 1 aromatic heterocycles. The van der Waals surface area contributed by atoms with Crippen LogP contribution in [0.3, 0.4) is 0 Å². The zero-order valence-electron chi connectivity index (χ0n) is 20.5. The Labute approximate surface area is 215 Å². The Balaban J connectivity index is 1.70. The molecule has 206 valence electrons. The van der Waals surface area contributed by atoms with Crippen molar-refractivity contribution in [3.63, 3.8) is 0 Å². The predicted molar refractivity (Wildman–Crippen MR) is 129 cm³/mol. The number of amides is 2. The van der Waals surface area contributed by atoms with Gasteiger partial charge in [-0.05, 0) is 24.6 Å². The average Bonchev–Trinajstić information content (AvgIpc) is 3.13. The standard InChI is InChI=1S/C24H28F2N4O8/c1-2-3-13-36-23(35)29-17-11-12-27-22(34)30(17)21-24(25,26)20(16(14-31)37-21)38-19(33)10-9-18(32)28-15-7-5-4-6-8-15/h4-8,11-12,16,20-21,31H,2-3,9-10,13-14H2,1H3,(H,28,32)(H,29,35)/t16-,20-,21-/m1/s1. The zero-order chi connectivity index (χ0) is 27.7. The summed E-state index contributed by atoms with van der Waals surface area (Å²) in [5, 5.41) is 14.4. The van der Waals surface area contributed by atoms with Crippen molar-refractivity contribution in [1.82, 2.24) is 9.55 Å². The first kappa shape index (κ1) is 28.7. The average molecular weight is 539 g/mol. The number of hydrogen-bond acceptors (Lipinski definition) is 9. The number of hydrogen-bond donors (Lipinski definition) is 3. The van der Waals surface area contributed by atoms with Crippen molar-refractivity contribution in [2.45, 2.75) is 57.0 Å². The van der Waals surface area contributed by atoms with Gasteiger partial charge in [0.15, 0.2) is 6.10 Å². The Hall–Kier alpha value is -3.91. The second-order valence-corrected chi connectivity index (χ2v) is 8.31. The summed E-state index contributed by atoms with van der Waals surface area (Å²) in [4.78, 5) is 52.3. The number of alkyl halides is 2. The number of esters is 1. The smallest absolute Gasteiger partial charge is 0.412 e. The second-order valence-electron chi connectivity index (χ2n) is 8.31. The molecule has 14 heteroatoms. The summed E-state index contributed by atoms with van der Waals surface area (Å²) < 4.78 is 46.4. The van der Waals surface area contributed by atoms with E-state index in [1.165, 1.54) is 0 Å². The molecule has 1 saturated heterocycles. The minimum atomic E-state index is -4.04. The third-order valence-corrected chi connectivity index (χ3v) is 5.48. The highest BCUT2D eigenvalue weighted by atomic mass is 19.3. The van der Waals surface area contributed by atoms with Crippen molar-refractivity contribution in [2.75, 3.05) is 23.8 Å². The number of anilines is 2. The number of nitrogens with one attached hydrogen (secondary N) is 2. The van der Waals surface area contributed by atoms with E-state index in [0.29, 0.717) is 16.7 Å². The van der Waals surface area contributed by atoms with Crippen molar-refractivity contribution >= 4 is 29.5 Å². The lowest BCUT2D eigenvalue weighted by atomic mass is 10.1. The number of rotatable bonds is 11. The summed E-state index contributed by atoms with van der Waals surface area (Å²) in [5.74, 6) is -6.12. The van der Waals surface area contributed by atoms with Gasteiger partial charge in [0.1, 0.15) is 11.9 Å².